The summed E-state index contributed by atoms with van der Waals surface area (Å²) in [6.45, 7) is 0.358. The molecule has 1 saturated heterocycles. The molecule has 1 aliphatic rings. The number of hydrogen-bond donors (Lipinski definition) is 0. The number of hydrogen-bond acceptors (Lipinski definition) is 4. The fourth-order valence-electron chi connectivity index (χ4n) is 2.76. The van der Waals surface area contributed by atoms with E-state index < -0.39 is 31.7 Å². The van der Waals surface area contributed by atoms with Gasteiger partial charge in [0.1, 0.15) is 0 Å². The number of nitrogens with zero attached hydrogens (tertiary/aromatic N) is 4. The second-order valence-corrected chi connectivity index (χ2v) is 7.97. The van der Waals surface area contributed by atoms with E-state index in [4.69, 9.17) is 11.6 Å². The number of piperidine rings is 1. The SMILES string of the molecule is O=S(=O)(c1ccc(Cl)c(C(F)(F)F)c1)N1CCC(n2nccn2)CC1. The van der Waals surface area contributed by atoms with E-state index in [1.165, 1.54) is 21.5 Å². The van der Waals surface area contributed by atoms with Crippen LogP contribution in [0.25, 0.3) is 0 Å². The zero-order chi connectivity index (χ0) is 18.2. The Morgan fingerprint density at radius 2 is 1.72 bits per heavy atom. The van der Waals surface area contributed by atoms with Gasteiger partial charge in [-0.1, -0.05) is 11.6 Å². The smallest absolute Gasteiger partial charge is 0.207 e. The third-order valence-electron chi connectivity index (χ3n) is 4.07. The van der Waals surface area contributed by atoms with Gasteiger partial charge < -0.3 is 0 Å². The molecule has 0 N–H and O–H groups in total. The van der Waals surface area contributed by atoms with Gasteiger partial charge in [-0.15, -0.1) is 0 Å². The van der Waals surface area contributed by atoms with Crippen LogP contribution in [-0.2, 0) is 16.2 Å². The maximum absolute atomic E-state index is 13.0. The first-order chi connectivity index (χ1) is 11.7. The van der Waals surface area contributed by atoms with Crippen LogP contribution >= 0.6 is 11.6 Å². The molecular formula is C14H14ClF3N4O2S. The third-order valence-corrected chi connectivity index (χ3v) is 6.29. The van der Waals surface area contributed by atoms with Crippen LogP contribution in [0.15, 0.2) is 35.5 Å². The van der Waals surface area contributed by atoms with Crippen LogP contribution in [-0.4, -0.2) is 40.8 Å². The third kappa shape index (κ3) is 3.65. The summed E-state index contributed by atoms with van der Waals surface area (Å²) >= 11 is 5.55. The molecule has 0 radical (unpaired) electrons. The van der Waals surface area contributed by atoms with Gasteiger partial charge in [0, 0.05) is 13.1 Å². The lowest BCUT2D eigenvalue weighted by atomic mass is 10.1. The highest BCUT2D eigenvalue weighted by Crippen LogP contribution is 2.36. The second-order valence-electron chi connectivity index (χ2n) is 5.62. The van der Waals surface area contributed by atoms with Crippen molar-refractivity contribution < 1.29 is 21.6 Å². The Bertz CT molecular complexity index is 847. The number of alkyl halides is 3. The fraction of sp³-hybridized carbons (Fsp3) is 0.429. The molecule has 136 valence electrons. The number of aromatic nitrogens is 3. The molecule has 1 aliphatic heterocycles. The van der Waals surface area contributed by atoms with Gasteiger partial charge in [-0.25, -0.2) is 8.42 Å². The first-order valence-corrected chi connectivity index (χ1v) is 9.24. The lowest BCUT2D eigenvalue weighted by Gasteiger charge is -2.30. The maximum atomic E-state index is 13.0. The van der Waals surface area contributed by atoms with Crippen LogP contribution in [0.2, 0.25) is 5.02 Å². The average molecular weight is 395 g/mol. The predicted molar refractivity (Wildman–Crippen MR) is 83.5 cm³/mol. The zero-order valence-corrected chi connectivity index (χ0v) is 14.4. The van der Waals surface area contributed by atoms with Crippen LogP contribution in [0.5, 0.6) is 0 Å². The Kier molecular flexibility index (Phi) is 4.78. The van der Waals surface area contributed by atoms with Gasteiger partial charge in [0.25, 0.3) is 0 Å². The molecule has 1 aromatic carbocycles. The molecule has 0 bridgehead atoms. The van der Waals surface area contributed by atoms with Crippen molar-refractivity contribution in [2.24, 2.45) is 0 Å². The van der Waals surface area contributed by atoms with E-state index >= 15 is 0 Å². The van der Waals surface area contributed by atoms with Crippen LogP contribution < -0.4 is 0 Å². The number of rotatable bonds is 3. The van der Waals surface area contributed by atoms with Crippen molar-refractivity contribution in [3.63, 3.8) is 0 Å². The van der Waals surface area contributed by atoms with Gasteiger partial charge in [-0.3, -0.25) is 0 Å². The fourth-order valence-corrected chi connectivity index (χ4v) is 4.48. The summed E-state index contributed by atoms with van der Waals surface area (Å²) in [5, 5.41) is 7.53. The van der Waals surface area contributed by atoms with E-state index in [-0.39, 0.29) is 19.1 Å². The highest BCUT2D eigenvalue weighted by molar-refractivity contribution is 7.89. The average Bonchev–Trinajstić information content (AvgIpc) is 3.08. The molecule has 0 amide bonds. The molecule has 0 unspecified atom stereocenters. The Balaban J connectivity index is 1.81. The minimum absolute atomic E-state index is 0.0302. The lowest BCUT2D eigenvalue weighted by molar-refractivity contribution is -0.137. The molecule has 3 rings (SSSR count). The summed E-state index contributed by atoms with van der Waals surface area (Å²) in [6, 6.07) is 2.60. The molecule has 1 fully saturated rings. The van der Waals surface area contributed by atoms with Crippen molar-refractivity contribution in [3.05, 3.63) is 41.2 Å². The summed E-state index contributed by atoms with van der Waals surface area (Å²) in [4.78, 5) is 1.11. The van der Waals surface area contributed by atoms with Gasteiger partial charge in [0.05, 0.1) is 33.9 Å². The minimum Gasteiger partial charge on any atom is -0.207 e. The lowest BCUT2D eigenvalue weighted by Crippen LogP contribution is -2.39. The monoisotopic (exact) mass is 394 g/mol. The minimum atomic E-state index is -4.72. The highest BCUT2D eigenvalue weighted by atomic mass is 35.5. The number of halogens is 4. The molecule has 0 atom stereocenters. The highest BCUT2D eigenvalue weighted by Gasteiger charge is 2.36. The first kappa shape index (κ1) is 18.2. The molecule has 0 saturated carbocycles. The second kappa shape index (κ2) is 6.58. The number of sulfonamides is 1. The van der Waals surface area contributed by atoms with Gasteiger partial charge in [-0.2, -0.15) is 32.5 Å². The molecule has 2 heterocycles. The molecule has 0 aliphatic carbocycles. The molecule has 6 nitrogen and oxygen atoms in total. The van der Waals surface area contributed by atoms with Crippen molar-refractivity contribution in [2.75, 3.05) is 13.1 Å². The van der Waals surface area contributed by atoms with Gasteiger partial charge >= 0.3 is 6.18 Å². The maximum Gasteiger partial charge on any atom is 0.417 e. The molecule has 0 spiro atoms. The van der Waals surface area contributed by atoms with Gasteiger partial charge in [0.2, 0.25) is 10.0 Å². The molecular weight excluding hydrogens is 381 g/mol. The zero-order valence-electron chi connectivity index (χ0n) is 12.8. The van der Waals surface area contributed by atoms with Crippen molar-refractivity contribution in [2.45, 2.75) is 30.0 Å². The Labute approximate surface area is 147 Å². The normalized spacial score (nSPS) is 17.8. The van der Waals surface area contributed by atoms with E-state index in [0.717, 1.165) is 12.1 Å². The van der Waals surface area contributed by atoms with Crippen molar-refractivity contribution in [1.29, 1.82) is 0 Å². The van der Waals surface area contributed by atoms with E-state index in [1.54, 1.807) is 0 Å². The summed E-state index contributed by atoms with van der Waals surface area (Å²) in [7, 11) is -4.03. The molecule has 11 heteroatoms. The van der Waals surface area contributed by atoms with Crippen LogP contribution in [0.1, 0.15) is 24.4 Å². The molecule has 25 heavy (non-hydrogen) atoms. The van der Waals surface area contributed by atoms with Crippen molar-refractivity contribution in [3.8, 4) is 0 Å². The molecule has 1 aromatic heterocycles. The largest absolute Gasteiger partial charge is 0.417 e. The Hall–Kier alpha value is -1.65. The summed E-state index contributed by atoms with van der Waals surface area (Å²) in [5.41, 5.74) is -1.16. The van der Waals surface area contributed by atoms with E-state index in [0.29, 0.717) is 18.9 Å². The quantitative estimate of drug-likeness (QED) is 0.802. The number of benzene rings is 1. The predicted octanol–water partition coefficient (Wildman–Crippen LogP) is 2.98. The summed E-state index contributed by atoms with van der Waals surface area (Å²) in [6.07, 6.45) is -0.687. The molecule has 2 aromatic rings. The standard InChI is InChI=1S/C14H14ClF3N4O2S/c15-13-2-1-11(9-12(13)14(16,17)18)25(23,24)21-7-3-10(4-8-21)22-19-5-6-20-22/h1-2,5-6,9-10H,3-4,7-8H2. The summed E-state index contributed by atoms with van der Waals surface area (Å²) in [5.74, 6) is 0. The first-order valence-electron chi connectivity index (χ1n) is 7.42. The van der Waals surface area contributed by atoms with Crippen molar-refractivity contribution in [1.82, 2.24) is 19.3 Å². The van der Waals surface area contributed by atoms with Gasteiger partial charge in [0.15, 0.2) is 0 Å². The summed E-state index contributed by atoms with van der Waals surface area (Å²) < 4.78 is 65.3. The van der Waals surface area contributed by atoms with Crippen molar-refractivity contribution >= 4 is 21.6 Å². The van der Waals surface area contributed by atoms with Gasteiger partial charge in [-0.05, 0) is 31.0 Å². The van der Waals surface area contributed by atoms with E-state index in [9.17, 15) is 21.6 Å². The van der Waals surface area contributed by atoms with E-state index in [2.05, 4.69) is 10.2 Å². The van der Waals surface area contributed by atoms with Crippen LogP contribution in [0.4, 0.5) is 13.2 Å². The Morgan fingerprint density at radius 3 is 2.28 bits per heavy atom. The van der Waals surface area contributed by atoms with Crippen LogP contribution in [0.3, 0.4) is 0 Å². The Morgan fingerprint density at radius 1 is 1.12 bits per heavy atom. The van der Waals surface area contributed by atoms with E-state index in [1.807, 2.05) is 0 Å². The topological polar surface area (TPSA) is 68.1 Å². The van der Waals surface area contributed by atoms with Crippen LogP contribution in [0, 0.1) is 0 Å².